The normalized spacial score (nSPS) is 11.6. The molecule has 9 heteroatoms. The largest absolute Gasteiger partial charge is 0.452 e. The van der Waals surface area contributed by atoms with E-state index in [0.29, 0.717) is 18.9 Å². The standard InChI is InChI=1S/C20H21N3O5S/c1-3-23(4-2)29(25,26)17-12-8-11-16(13-17)20(24)27-14-18-21-19(22-28-18)15-9-6-5-7-10-15/h5-13H,3-4,14H2,1-2H3. The van der Waals surface area contributed by atoms with Crippen LogP contribution in [0.4, 0.5) is 0 Å². The first kappa shape index (κ1) is 20.7. The van der Waals surface area contributed by atoms with Gasteiger partial charge in [-0.05, 0) is 18.2 Å². The molecule has 0 aliphatic rings. The van der Waals surface area contributed by atoms with Crippen molar-refractivity contribution in [2.75, 3.05) is 13.1 Å². The summed E-state index contributed by atoms with van der Waals surface area (Å²) in [5.41, 5.74) is 0.907. The number of sulfonamides is 1. The predicted octanol–water partition coefficient (Wildman–Crippen LogP) is 3.12. The Morgan fingerprint density at radius 3 is 2.48 bits per heavy atom. The average Bonchev–Trinajstić information content (AvgIpc) is 3.22. The maximum absolute atomic E-state index is 12.6. The van der Waals surface area contributed by atoms with Gasteiger partial charge in [0.25, 0.3) is 5.89 Å². The van der Waals surface area contributed by atoms with Gasteiger partial charge in [-0.1, -0.05) is 55.4 Å². The van der Waals surface area contributed by atoms with Gasteiger partial charge >= 0.3 is 5.97 Å². The Bertz CT molecular complexity index is 1080. The molecule has 29 heavy (non-hydrogen) atoms. The molecule has 0 aliphatic carbocycles. The minimum atomic E-state index is -3.67. The molecular formula is C20H21N3O5S. The van der Waals surface area contributed by atoms with E-state index in [0.717, 1.165) is 5.56 Å². The second kappa shape index (κ2) is 8.97. The average molecular weight is 415 g/mol. The Morgan fingerprint density at radius 1 is 1.07 bits per heavy atom. The van der Waals surface area contributed by atoms with Crippen molar-refractivity contribution in [3.8, 4) is 11.4 Å². The second-order valence-corrected chi connectivity index (χ2v) is 8.01. The van der Waals surface area contributed by atoms with E-state index in [-0.39, 0.29) is 23.0 Å². The summed E-state index contributed by atoms with van der Waals surface area (Å²) in [7, 11) is -3.67. The third kappa shape index (κ3) is 4.69. The van der Waals surface area contributed by atoms with Gasteiger partial charge < -0.3 is 9.26 Å². The Hall–Kier alpha value is -3.04. The van der Waals surface area contributed by atoms with Crippen LogP contribution in [0.3, 0.4) is 0 Å². The van der Waals surface area contributed by atoms with Gasteiger partial charge in [0.15, 0.2) is 6.61 Å². The van der Waals surface area contributed by atoms with E-state index in [1.54, 1.807) is 13.8 Å². The zero-order valence-corrected chi connectivity index (χ0v) is 16.9. The van der Waals surface area contributed by atoms with Crippen molar-refractivity contribution in [1.29, 1.82) is 0 Å². The van der Waals surface area contributed by atoms with Gasteiger partial charge in [-0.3, -0.25) is 0 Å². The number of aromatic nitrogens is 2. The van der Waals surface area contributed by atoms with Crippen molar-refractivity contribution in [2.45, 2.75) is 25.3 Å². The highest BCUT2D eigenvalue weighted by atomic mass is 32.2. The fraction of sp³-hybridized carbons (Fsp3) is 0.250. The van der Waals surface area contributed by atoms with E-state index in [4.69, 9.17) is 9.26 Å². The number of nitrogens with zero attached hydrogens (tertiary/aromatic N) is 3. The summed E-state index contributed by atoms with van der Waals surface area (Å²) < 4.78 is 36.9. The molecule has 0 saturated heterocycles. The molecule has 0 N–H and O–H groups in total. The molecule has 0 spiro atoms. The van der Waals surface area contributed by atoms with Crippen LogP contribution in [0.15, 0.2) is 64.0 Å². The van der Waals surface area contributed by atoms with Gasteiger partial charge in [-0.15, -0.1) is 0 Å². The Morgan fingerprint density at radius 2 is 1.79 bits per heavy atom. The van der Waals surface area contributed by atoms with Crippen LogP contribution in [-0.4, -0.2) is 41.9 Å². The Kier molecular flexibility index (Phi) is 6.40. The van der Waals surface area contributed by atoms with Crippen LogP contribution >= 0.6 is 0 Å². The molecular weight excluding hydrogens is 394 g/mol. The van der Waals surface area contributed by atoms with Crippen molar-refractivity contribution < 1.29 is 22.5 Å². The summed E-state index contributed by atoms with van der Waals surface area (Å²) in [4.78, 5) is 16.6. The lowest BCUT2D eigenvalue weighted by Gasteiger charge is -2.18. The number of hydrogen-bond acceptors (Lipinski definition) is 7. The monoisotopic (exact) mass is 415 g/mol. The first-order valence-corrected chi connectivity index (χ1v) is 10.5. The number of rotatable bonds is 8. The van der Waals surface area contributed by atoms with Gasteiger partial charge in [-0.2, -0.15) is 9.29 Å². The highest BCUT2D eigenvalue weighted by Gasteiger charge is 2.23. The summed E-state index contributed by atoms with van der Waals surface area (Å²) in [6, 6.07) is 15.0. The topological polar surface area (TPSA) is 103 Å². The zero-order valence-electron chi connectivity index (χ0n) is 16.1. The number of esters is 1. The maximum atomic E-state index is 12.6. The first-order valence-electron chi connectivity index (χ1n) is 9.11. The van der Waals surface area contributed by atoms with E-state index in [1.165, 1.54) is 28.6 Å². The minimum Gasteiger partial charge on any atom is -0.452 e. The molecule has 0 amide bonds. The summed E-state index contributed by atoms with van der Waals surface area (Å²) in [5, 5.41) is 3.86. The number of benzene rings is 2. The highest BCUT2D eigenvalue weighted by molar-refractivity contribution is 7.89. The lowest BCUT2D eigenvalue weighted by molar-refractivity contribution is 0.0429. The SMILES string of the molecule is CCN(CC)S(=O)(=O)c1cccc(C(=O)OCc2nc(-c3ccccc3)no2)c1. The third-order valence-electron chi connectivity index (χ3n) is 4.24. The smallest absolute Gasteiger partial charge is 0.338 e. The van der Waals surface area contributed by atoms with Gasteiger partial charge in [0.1, 0.15) is 0 Å². The molecule has 0 saturated carbocycles. The van der Waals surface area contributed by atoms with E-state index in [2.05, 4.69) is 10.1 Å². The van der Waals surface area contributed by atoms with Crippen LogP contribution in [0.1, 0.15) is 30.1 Å². The van der Waals surface area contributed by atoms with Crippen molar-refractivity contribution in [1.82, 2.24) is 14.4 Å². The highest BCUT2D eigenvalue weighted by Crippen LogP contribution is 2.18. The van der Waals surface area contributed by atoms with E-state index < -0.39 is 16.0 Å². The molecule has 8 nitrogen and oxygen atoms in total. The van der Waals surface area contributed by atoms with Crippen molar-refractivity contribution in [2.24, 2.45) is 0 Å². The molecule has 0 fully saturated rings. The quantitative estimate of drug-likeness (QED) is 0.521. The Balaban J connectivity index is 1.70. The molecule has 1 heterocycles. The predicted molar refractivity (Wildman–Crippen MR) is 105 cm³/mol. The molecule has 0 unspecified atom stereocenters. The van der Waals surface area contributed by atoms with E-state index >= 15 is 0 Å². The molecule has 152 valence electrons. The summed E-state index contributed by atoms with van der Waals surface area (Å²) in [6.45, 7) is 3.98. The number of hydrogen-bond donors (Lipinski definition) is 0. The van der Waals surface area contributed by atoms with Gasteiger partial charge in [0.05, 0.1) is 10.5 Å². The number of carbonyl (C=O) groups excluding carboxylic acids is 1. The molecule has 0 radical (unpaired) electrons. The third-order valence-corrected chi connectivity index (χ3v) is 6.29. The fourth-order valence-corrected chi connectivity index (χ4v) is 4.23. The molecule has 0 atom stereocenters. The molecule has 0 aliphatic heterocycles. The van der Waals surface area contributed by atoms with Crippen LogP contribution in [0, 0.1) is 0 Å². The van der Waals surface area contributed by atoms with Crippen LogP contribution in [0.2, 0.25) is 0 Å². The molecule has 0 bridgehead atoms. The van der Waals surface area contributed by atoms with Gasteiger partial charge in [0.2, 0.25) is 15.8 Å². The lowest BCUT2D eigenvalue weighted by Crippen LogP contribution is -2.30. The van der Waals surface area contributed by atoms with Gasteiger partial charge in [-0.25, -0.2) is 13.2 Å². The van der Waals surface area contributed by atoms with Crippen LogP contribution in [0.5, 0.6) is 0 Å². The summed E-state index contributed by atoms with van der Waals surface area (Å²) >= 11 is 0. The second-order valence-electron chi connectivity index (χ2n) is 6.07. The van der Waals surface area contributed by atoms with Crippen molar-refractivity contribution in [3.63, 3.8) is 0 Å². The summed E-state index contributed by atoms with van der Waals surface area (Å²) in [6.07, 6.45) is 0. The van der Waals surface area contributed by atoms with Crippen LogP contribution < -0.4 is 0 Å². The minimum absolute atomic E-state index is 0.0415. The van der Waals surface area contributed by atoms with Gasteiger partial charge in [0, 0.05) is 18.7 Å². The first-order chi connectivity index (χ1) is 14.0. The summed E-state index contributed by atoms with van der Waals surface area (Å²) in [5.74, 6) is -0.144. The molecule has 3 aromatic rings. The lowest BCUT2D eigenvalue weighted by atomic mass is 10.2. The maximum Gasteiger partial charge on any atom is 0.338 e. The van der Waals surface area contributed by atoms with E-state index in [1.807, 2.05) is 30.3 Å². The van der Waals surface area contributed by atoms with Crippen molar-refractivity contribution in [3.05, 3.63) is 66.1 Å². The van der Waals surface area contributed by atoms with E-state index in [9.17, 15) is 13.2 Å². The van der Waals surface area contributed by atoms with Crippen LogP contribution in [-0.2, 0) is 21.4 Å². The fourth-order valence-electron chi connectivity index (χ4n) is 2.72. The van der Waals surface area contributed by atoms with Crippen LogP contribution in [0.25, 0.3) is 11.4 Å². The molecule has 1 aromatic heterocycles. The van der Waals surface area contributed by atoms with Crippen molar-refractivity contribution >= 4 is 16.0 Å². The number of carbonyl (C=O) groups is 1. The number of ether oxygens (including phenoxy) is 1. The molecule has 2 aromatic carbocycles. The Labute approximate surface area is 169 Å². The molecule has 3 rings (SSSR count). The zero-order chi connectivity index (χ0) is 20.9.